The van der Waals surface area contributed by atoms with E-state index < -0.39 is 5.69 Å². The number of aromatic nitrogens is 3. The van der Waals surface area contributed by atoms with Crippen molar-refractivity contribution >= 4 is 23.3 Å². The fourth-order valence-corrected chi connectivity index (χ4v) is 3.76. The molecule has 0 saturated carbocycles. The van der Waals surface area contributed by atoms with E-state index >= 15 is 0 Å². The topological polar surface area (TPSA) is 85.8 Å². The molecule has 0 unspecified atom stereocenters. The number of halogens is 2. The van der Waals surface area contributed by atoms with Gasteiger partial charge in [0.25, 0.3) is 5.91 Å². The lowest BCUT2D eigenvalue weighted by Crippen LogP contribution is -2.40. The van der Waals surface area contributed by atoms with Gasteiger partial charge in [-0.2, -0.15) is 0 Å². The molecule has 8 nitrogen and oxygen atoms in total. The van der Waals surface area contributed by atoms with Gasteiger partial charge < -0.3 is 15.4 Å². The molecule has 1 fully saturated rings. The van der Waals surface area contributed by atoms with Crippen LogP contribution in [0.4, 0.5) is 4.39 Å². The van der Waals surface area contributed by atoms with Gasteiger partial charge in [0, 0.05) is 31.3 Å². The summed E-state index contributed by atoms with van der Waals surface area (Å²) in [5.41, 5.74) is 8.04. The fourth-order valence-electron chi connectivity index (χ4n) is 3.51. The molecule has 3 heterocycles. The minimum Gasteiger partial charge on any atom is -0.378 e. The smallest absolute Gasteiger partial charge is 0.378 e. The molecule has 1 aliphatic heterocycles. The van der Waals surface area contributed by atoms with Gasteiger partial charge in [-0.25, -0.2) is 9.18 Å². The predicted octanol–water partition coefficient (Wildman–Crippen LogP) is 1.34. The van der Waals surface area contributed by atoms with E-state index in [1.165, 1.54) is 9.08 Å². The lowest BCUT2D eigenvalue weighted by Gasteiger charge is -2.26. The highest BCUT2D eigenvalue weighted by atomic mass is 35.5. The van der Waals surface area contributed by atoms with Crippen molar-refractivity contribution < 1.29 is 18.1 Å². The number of ether oxygens (including phenoxy) is 1. The van der Waals surface area contributed by atoms with Gasteiger partial charge in [0.2, 0.25) is 0 Å². The van der Waals surface area contributed by atoms with E-state index in [4.69, 9.17) is 22.2 Å². The van der Waals surface area contributed by atoms with Crippen molar-refractivity contribution in [3.8, 4) is 11.1 Å². The minimum atomic E-state index is -0.407. The molecule has 1 aliphatic rings. The Morgan fingerprint density at radius 2 is 1.90 bits per heavy atom. The van der Waals surface area contributed by atoms with Crippen LogP contribution in [0.2, 0.25) is 0 Å². The Morgan fingerprint density at radius 1 is 1.19 bits per heavy atom. The molecule has 4 rings (SSSR count). The van der Waals surface area contributed by atoms with Crippen molar-refractivity contribution in [3.63, 3.8) is 0 Å². The van der Waals surface area contributed by atoms with Crippen molar-refractivity contribution in [1.29, 1.82) is 0 Å². The SMILES string of the molecule is NC/C(=C\F)Cn1c(=O)n2ccc(-c3ccc(C(=O)N4CCOCC4)cc3)cc2[n+]1Cl. The Balaban J connectivity index is 1.63. The molecule has 0 atom stereocenters. The molecule has 2 N–H and O–H groups in total. The Bertz CT molecular complexity index is 1200. The van der Waals surface area contributed by atoms with Crippen LogP contribution in [0.3, 0.4) is 0 Å². The van der Waals surface area contributed by atoms with Gasteiger partial charge in [0.1, 0.15) is 6.20 Å². The highest BCUT2D eigenvalue weighted by Crippen LogP contribution is 2.21. The van der Waals surface area contributed by atoms with E-state index in [1.807, 2.05) is 12.1 Å². The van der Waals surface area contributed by atoms with Crippen LogP contribution in [-0.2, 0) is 11.3 Å². The Morgan fingerprint density at radius 3 is 2.55 bits per heavy atom. The van der Waals surface area contributed by atoms with Gasteiger partial charge in [0.15, 0.2) is 11.8 Å². The summed E-state index contributed by atoms with van der Waals surface area (Å²) < 4.78 is 21.9. The van der Waals surface area contributed by atoms with E-state index in [0.717, 1.165) is 15.3 Å². The maximum Gasteiger partial charge on any atom is 0.453 e. The Hall–Kier alpha value is -3.01. The second-order valence-corrected chi connectivity index (χ2v) is 7.52. The number of fused-ring (bicyclic) bond motifs is 1. The average molecular weight is 447 g/mol. The first-order valence-corrected chi connectivity index (χ1v) is 10.2. The van der Waals surface area contributed by atoms with E-state index in [9.17, 15) is 14.0 Å². The number of hydrogen-bond donors (Lipinski definition) is 1. The molecule has 1 saturated heterocycles. The van der Waals surface area contributed by atoms with Gasteiger partial charge in [-0.05, 0) is 39.1 Å². The molecule has 3 aromatic rings. The van der Waals surface area contributed by atoms with Crippen LogP contribution in [0.5, 0.6) is 0 Å². The lowest BCUT2D eigenvalue weighted by atomic mass is 10.0. The monoisotopic (exact) mass is 446 g/mol. The van der Waals surface area contributed by atoms with Crippen LogP contribution >= 0.6 is 11.8 Å². The molecular weight excluding hydrogens is 425 g/mol. The first-order chi connectivity index (χ1) is 15.0. The number of nitrogens with zero attached hydrogens (tertiary/aromatic N) is 4. The Kier molecular flexibility index (Phi) is 6.17. The molecule has 1 aromatic carbocycles. The average Bonchev–Trinajstić information content (AvgIpc) is 3.06. The van der Waals surface area contributed by atoms with Crippen LogP contribution in [0.1, 0.15) is 10.4 Å². The molecular formula is C21H22ClFN5O3+. The minimum absolute atomic E-state index is 0.0210. The summed E-state index contributed by atoms with van der Waals surface area (Å²) in [6, 6.07) is 10.8. The normalized spacial score (nSPS) is 14.9. The van der Waals surface area contributed by atoms with Crippen molar-refractivity contribution in [2.45, 2.75) is 6.54 Å². The molecule has 1 amide bonds. The van der Waals surface area contributed by atoms with E-state index in [2.05, 4.69) is 0 Å². The van der Waals surface area contributed by atoms with Gasteiger partial charge in [-0.3, -0.25) is 4.79 Å². The van der Waals surface area contributed by atoms with Gasteiger partial charge in [0.05, 0.1) is 26.1 Å². The summed E-state index contributed by atoms with van der Waals surface area (Å²) in [6.45, 7) is 2.20. The number of rotatable bonds is 5. The number of morpholine rings is 1. The summed E-state index contributed by atoms with van der Waals surface area (Å²) >= 11 is 6.34. The first-order valence-electron chi connectivity index (χ1n) is 9.82. The summed E-state index contributed by atoms with van der Waals surface area (Å²) in [6.07, 6.45) is 1.99. The molecule has 10 heteroatoms. The van der Waals surface area contributed by atoms with Gasteiger partial charge in [-0.15, -0.1) is 9.08 Å². The van der Waals surface area contributed by atoms with Gasteiger partial charge in [-0.1, -0.05) is 12.1 Å². The van der Waals surface area contributed by atoms with Crippen LogP contribution in [0, 0.1) is 0 Å². The number of benzene rings is 1. The zero-order valence-electron chi connectivity index (χ0n) is 16.7. The van der Waals surface area contributed by atoms with E-state index in [0.29, 0.717) is 43.8 Å². The highest BCUT2D eigenvalue weighted by molar-refractivity contribution is 6.04. The third-order valence-corrected chi connectivity index (χ3v) is 5.65. The van der Waals surface area contributed by atoms with Gasteiger partial charge >= 0.3 is 11.3 Å². The Labute approximate surface area is 182 Å². The quantitative estimate of drug-likeness (QED) is 0.641. The number of carbonyl (C=O) groups excluding carboxylic acids is 1. The maximum absolute atomic E-state index is 12.9. The summed E-state index contributed by atoms with van der Waals surface area (Å²) in [4.78, 5) is 27.0. The van der Waals surface area contributed by atoms with E-state index in [1.54, 1.807) is 35.4 Å². The van der Waals surface area contributed by atoms with Crippen molar-refractivity contribution in [3.05, 3.63) is 70.5 Å². The standard InChI is InChI=1S/C21H22ClFN5O3/c22-28-19-11-18(5-6-26(19)21(30)27(28)14-15(12-23)13-24)16-1-3-17(4-2-16)20(29)25-7-9-31-10-8-25/h1-6,11-12H,7-10,13-14,24H2/q+1/b15-12+. The number of amides is 1. The second-order valence-electron chi connectivity index (χ2n) is 7.20. The molecule has 162 valence electrons. The highest BCUT2D eigenvalue weighted by Gasteiger charge is 2.22. The lowest BCUT2D eigenvalue weighted by molar-refractivity contribution is -0.593. The molecule has 0 radical (unpaired) electrons. The molecule has 0 aliphatic carbocycles. The number of pyridine rings is 1. The van der Waals surface area contributed by atoms with Crippen LogP contribution in [0.25, 0.3) is 16.8 Å². The predicted molar refractivity (Wildman–Crippen MR) is 114 cm³/mol. The number of hydrogen-bond acceptors (Lipinski definition) is 4. The summed E-state index contributed by atoms with van der Waals surface area (Å²) in [5.74, 6) is -0.0239. The number of carbonyl (C=O) groups is 1. The summed E-state index contributed by atoms with van der Waals surface area (Å²) in [5, 5.41) is 0. The van der Waals surface area contributed by atoms with Crippen LogP contribution < -0.4 is 15.6 Å². The fraction of sp³-hybridized carbons (Fsp3) is 0.286. The maximum atomic E-state index is 12.9. The van der Waals surface area contributed by atoms with Crippen LogP contribution in [-0.4, -0.2) is 52.7 Å². The third-order valence-electron chi connectivity index (χ3n) is 5.30. The molecule has 0 spiro atoms. The first kappa shape index (κ1) is 21.2. The third kappa shape index (κ3) is 4.12. The largest absolute Gasteiger partial charge is 0.453 e. The molecule has 2 aromatic heterocycles. The van der Waals surface area contributed by atoms with E-state index in [-0.39, 0.29) is 24.6 Å². The second kappa shape index (κ2) is 9.01. The molecule has 31 heavy (non-hydrogen) atoms. The van der Waals surface area contributed by atoms with Crippen molar-refractivity contribution in [2.24, 2.45) is 5.73 Å². The number of nitrogens with two attached hydrogens (primary N) is 1. The van der Waals surface area contributed by atoms with Crippen molar-refractivity contribution in [2.75, 3.05) is 32.8 Å². The zero-order chi connectivity index (χ0) is 22.0. The molecule has 0 bridgehead atoms. The summed E-state index contributed by atoms with van der Waals surface area (Å²) in [7, 11) is 0. The van der Waals surface area contributed by atoms with Crippen molar-refractivity contribution in [1.82, 2.24) is 14.0 Å². The van der Waals surface area contributed by atoms with Crippen LogP contribution in [0.15, 0.2) is 59.3 Å². The zero-order valence-corrected chi connectivity index (χ0v) is 17.5.